The van der Waals surface area contributed by atoms with Gasteiger partial charge in [0, 0.05) is 24.8 Å². The number of aryl methyl sites for hydroxylation is 2. The Bertz CT molecular complexity index is 610. The van der Waals surface area contributed by atoms with E-state index in [-0.39, 0.29) is 16.9 Å². The number of nitrogens with one attached hydrogen (secondary N) is 1. The predicted octanol–water partition coefficient (Wildman–Crippen LogP) is 3.67. The predicted molar refractivity (Wildman–Crippen MR) is 84.1 cm³/mol. The monoisotopic (exact) mass is 309 g/mol. The molecule has 5 heteroatoms. The highest BCUT2D eigenvalue weighted by atomic mass is 35.5. The van der Waals surface area contributed by atoms with Crippen molar-refractivity contribution in [3.8, 4) is 0 Å². The average molecular weight is 310 g/mol. The van der Waals surface area contributed by atoms with E-state index in [1.807, 2.05) is 24.0 Å². The van der Waals surface area contributed by atoms with Crippen LogP contribution in [0.5, 0.6) is 0 Å². The van der Waals surface area contributed by atoms with E-state index in [1.165, 1.54) is 11.6 Å². The Kier molecular flexibility index (Phi) is 5.37. The van der Waals surface area contributed by atoms with Crippen LogP contribution >= 0.6 is 11.6 Å². The van der Waals surface area contributed by atoms with Gasteiger partial charge in [-0.15, -0.1) is 0 Å². The number of rotatable bonds is 6. The van der Waals surface area contributed by atoms with E-state index in [4.69, 9.17) is 11.6 Å². The van der Waals surface area contributed by atoms with Crippen molar-refractivity contribution in [3.63, 3.8) is 0 Å². The third-order valence-corrected chi connectivity index (χ3v) is 3.83. The van der Waals surface area contributed by atoms with E-state index in [9.17, 15) is 4.39 Å². The lowest BCUT2D eigenvalue weighted by Gasteiger charge is -2.18. The molecule has 2 aromatic rings. The van der Waals surface area contributed by atoms with Crippen molar-refractivity contribution in [2.45, 2.75) is 32.7 Å². The van der Waals surface area contributed by atoms with Crippen LogP contribution in [0.4, 0.5) is 4.39 Å². The van der Waals surface area contributed by atoms with E-state index in [0.717, 1.165) is 24.2 Å². The Morgan fingerprint density at radius 3 is 2.76 bits per heavy atom. The van der Waals surface area contributed by atoms with Crippen LogP contribution in [0.1, 0.15) is 36.7 Å². The maximum atomic E-state index is 13.6. The zero-order valence-electron chi connectivity index (χ0n) is 12.7. The molecule has 1 atom stereocenters. The fraction of sp³-hybridized carbons (Fsp3) is 0.438. The molecule has 21 heavy (non-hydrogen) atoms. The molecule has 3 nitrogen and oxygen atoms in total. The van der Waals surface area contributed by atoms with Crippen molar-refractivity contribution in [2.75, 3.05) is 6.54 Å². The summed E-state index contributed by atoms with van der Waals surface area (Å²) in [6.07, 6.45) is 3.63. The first-order valence-corrected chi connectivity index (χ1v) is 7.62. The smallest absolute Gasteiger partial charge is 0.142 e. The van der Waals surface area contributed by atoms with Gasteiger partial charge in [0.15, 0.2) is 0 Å². The van der Waals surface area contributed by atoms with E-state index in [0.29, 0.717) is 6.42 Å². The maximum absolute atomic E-state index is 13.6. The van der Waals surface area contributed by atoms with E-state index < -0.39 is 0 Å². The van der Waals surface area contributed by atoms with Crippen LogP contribution < -0.4 is 5.32 Å². The first-order chi connectivity index (χ1) is 10.0. The van der Waals surface area contributed by atoms with Crippen LogP contribution in [0, 0.1) is 5.82 Å². The van der Waals surface area contributed by atoms with Gasteiger partial charge in [-0.05, 0) is 37.1 Å². The minimum Gasteiger partial charge on any atom is -0.310 e. The zero-order chi connectivity index (χ0) is 15.4. The second kappa shape index (κ2) is 7.05. The van der Waals surface area contributed by atoms with Gasteiger partial charge >= 0.3 is 0 Å². The summed E-state index contributed by atoms with van der Waals surface area (Å²) in [7, 11) is 1.92. The third-order valence-electron chi connectivity index (χ3n) is 3.52. The van der Waals surface area contributed by atoms with Gasteiger partial charge in [-0.2, -0.15) is 5.10 Å². The fourth-order valence-electron chi connectivity index (χ4n) is 2.56. The average Bonchev–Trinajstić information content (AvgIpc) is 2.83. The summed E-state index contributed by atoms with van der Waals surface area (Å²) in [6, 6.07) is 5.12. The topological polar surface area (TPSA) is 29.9 Å². The number of nitrogens with zero attached hydrogens (tertiary/aromatic N) is 2. The molecule has 0 bridgehead atoms. The number of halogens is 2. The number of aromatic nitrogens is 2. The lowest BCUT2D eigenvalue weighted by molar-refractivity contribution is 0.542. The molecule has 1 unspecified atom stereocenters. The lowest BCUT2D eigenvalue weighted by Crippen LogP contribution is -2.23. The second-order valence-corrected chi connectivity index (χ2v) is 5.53. The molecule has 1 heterocycles. The van der Waals surface area contributed by atoms with Gasteiger partial charge in [-0.1, -0.05) is 31.5 Å². The molecule has 1 aromatic heterocycles. The Balaban J connectivity index is 2.27. The van der Waals surface area contributed by atoms with Crippen molar-refractivity contribution < 1.29 is 4.39 Å². The van der Waals surface area contributed by atoms with Crippen LogP contribution in [0.3, 0.4) is 0 Å². The highest BCUT2D eigenvalue weighted by Crippen LogP contribution is 2.24. The zero-order valence-corrected chi connectivity index (χ0v) is 13.4. The van der Waals surface area contributed by atoms with E-state index >= 15 is 0 Å². The third kappa shape index (κ3) is 3.83. The maximum Gasteiger partial charge on any atom is 0.142 e. The number of benzene rings is 1. The largest absolute Gasteiger partial charge is 0.310 e. The molecule has 0 aliphatic rings. The number of likely N-dealkylation sites (N-methyl/N-ethyl adjacent to an activating group) is 1. The standard InChI is InChI=1S/C16H21ClFN3/c1-4-15-12(10-21(3)20-15)16(19-5-2)9-11-6-7-13(17)14(18)8-11/h6-8,10,16,19H,4-5,9H2,1-3H3. The normalized spacial score (nSPS) is 12.6. The van der Waals surface area contributed by atoms with Gasteiger partial charge < -0.3 is 5.32 Å². The molecule has 0 fully saturated rings. The van der Waals surface area contributed by atoms with Crippen LogP contribution in [-0.4, -0.2) is 16.3 Å². The summed E-state index contributed by atoms with van der Waals surface area (Å²) in [5.41, 5.74) is 3.18. The van der Waals surface area contributed by atoms with Gasteiger partial charge in [-0.3, -0.25) is 4.68 Å². The Morgan fingerprint density at radius 1 is 1.38 bits per heavy atom. The van der Waals surface area contributed by atoms with Crippen LogP contribution in [-0.2, 0) is 19.9 Å². The minimum atomic E-state index is -0.369. The van der Waals surface area contributed by atoms with Crippen molar-refractivity contribution in [2.24, 2.45) is 7.05 Å². The SMILES string of the molecule is CCNC(Cc1ccc(Cl)c(F)c1)c1cn(C)nc1CC. The first kappa shape index (κ1) is 16.0. The van der Waals surface area contributed by atoms with Gasteiger partial charge in [0.2, 0.25) is 0 Å². The molecule has 0 saturated heterocycles. The quantitative estimate of drug-likeness (QED) is 0.882. The molecule has 0 amide bonds. The number of hydrogen-bond donors (Lipinski definition) is 1. The second-order valence-electron chi connectivity index (χ2n) is 5.12. The fourth-order valence-corrected chi connectivity index (χ4v) is 2.68. The summed E-state index contributed by atoms with van der Waals surface area (Å²) < 4.78 is 15.4. The first-order valence-electron chi connectivity index (χ1n) is 7.24. The highest BCUT2D eigenvalue weighted by Gasteiger charge is 2.18. The molecular weight excluding hydrogens is 289 g/mol. The van der Waals surface area contributed by atoms with Gasteiger partial charge in [0.1, 0.15) is 5.82 Å². The van der Waals surface area contributed by atoms with Crippen molar-refractivity contribution in [1.29, 1.82) is 0 Å². The molecule has 0 aliphatic carbocycles. The van der Waals surface area contributed by atoms with Crippen molar-refractivity contribution in [3.05, 3.63) is 52.1 Å². The Labute approximate surface area is 130 Å². The molecule has 0 spiro atoms. The van der Waals surface area contributed by atoms with Gasteiger partial charge in [0.05, 0.1) is 10.7 Å². The van der Waals surface area contributed by atoms with Crippen molar-refractivity contribution >= 4 is 11.6 Å². The van der Waals surface area contributed by atoms with Gasteiger partial charge in [0.25, 0.3) is 0 Å². The summed E-state index contributed by atoms with van der Waals surface area (Å²) in [6.45, 7) is 5.01. The van der Waals surface area contributed by atoms with E-state index in [1.54, 1.807) is 6.07 Å². The Morgan fingerprint density at radius 2 is 2.14 bits per heavy atom. The molecular formula is C16H21ClFN3. The van der Waals surface area contributed by atoms with Crippen LogP contribution in [0.2, 0.25) is 5.02 Å². The summed E-state index contributed by atoms with van der Waals surface area (Å²) in [4.78, 5) is 0. The highest BCUT2D eigenvalue weighted by molar-refractivity contribution is 6.30. The number of hydrogen-bond acceptors (Lipinski definition) is 2. The molecule has 114 valence electrons. The summed E-state index contributed by atoms with van der Waals surface area (Å²) in [5, 5.41) is 8.11. The van der Waals surface area contributed by atoms with Gasteiger partial charge in [-0.25, -0.2) is 4.39 Å². The Hall–Kier alpha value is -1.39. The lowest BCUT2D eigenvalue weighted by atomic mass is 9.98. The summed E-state index contributed by atoms with van der Waals surface area (Å²) in [5.74, 6) is -0.369. The van der Waals surface area contributed by atoms with Crippen molar-refractivity contribution in [1.82, 2.24) is 15.1 Å². The minimum absolute atomic E-state index is 0.124. The van der Waals surface area contributed by atoms with Crippen LogP contribution in [0.25, 0.3) is 0 Å². The molecule has 2 rings (SSSR count). The summed E-state index contributed by atoms with van der Waals surface area (Å²) >= 11 is 5.74. The molecule has 0 saturated carbocycles. The molecule has 0 radical (unpaired) electrons. The molecule has 1 aromatic carbocycles. The van der Waals surface area contributed by atoms with Crippen LogP contribution in [0.15, 0.2) is 24.4 Å². The molecule has 1 N–H and O–H groups in total. The molecule has 0 aliphatic heterocycles. The van der Waals surface area contributed by atoms with E-state index in [2.05, 4.69) is 24.3 Å².